The second kappa shape index (κ2) is 9.21. The van der Waals surface area contributed by atoms with Gasteiger partial charge in [-0.1, -0.05) is 26.7 Å². The van der Waals surface area contributed by atoms with Crippen molar-refractivity contribution in [3.63, 3.8) is 0 Å². The summed E-state index contributed by atoms with van der Waals surface area (Å²) in [6.07, 6.45) is 10.0. The third-order valence-electron chi connectivity index (χ3n) is 5.60. The molecule has 8 heteroatoms. The number of fused-ring (bicyclic) bond motifs is 1. The molecule has 0 saturated heterocycles. The van der Waals surface area contributed by atoms with E-state index in [2.05, 4.69) is 49.9 Å². The molecule has 8 nitrogen and oxygen atoms in total. The average Bonchev–Trinajstić information content (AvgIpc) is 3.28. The predicted molar refractivity (Wildman–Crippen MR) is 115 cm³/mol. The molecular formula is C20H34N8. The number of hydrogen-bond donors (Lipinski definition) is 3. The Morgan fingerprint density at radius 1 is 1.21 bits per heavy atom. The number of guanidine groups is 1. The van der Waals surface area contributed by atoms with E-state index in [1.54, 1.807) is 17.2 Å². The Bertz CT molecular complexity index is 789. The molecular weight excluding hydrogens is 352 g/mol. The van der Waals surface area contributed by atoms with Gasteiger partial charge in [0.1, 0.15) is 12.1 Å². The second-order valence-electron chi connectivity index (χ2n) is 8.31. The van der Waals surface area contributed by atoms with Crippen LogP contribution in [0, 0.1) is 11.3 Å². The highest BCUT2D eigenvalue weighted by Crippen LogP contribution is 2.42. The highest BCUT2D eigenvalue weighted by Gasteiger charge is 2.34. The van der Waals surface area contributed by atoms with E-state index in [1.807, 2.05) is 14.1 Å². The van der Waals surface area contributed by atoms with E-state index in [0.717, 1.165) is 48.4 Å². The van der Waals surface area contributed by atoms with Crippen LogP contribution >= 0.6 is 0 Å². The van der Waals surface area contributed by atoms with E-state index in [1.165, 1.54) is 32.1 Å². The molecule has 0 atom stereocenters. The summed E-state index contributed by atoms with van der Waals surface area (Å²) < 4.78 is 1.75. The number of nitrogens with one attached hydrogen (secondary N) is 3. The van der Waals surface area contributed by atoms with Gasteiger partial charge in [-0.25, -0.2) is 9.97 Å². The zero-order valence-electron chi connectivity index (χ0n) is 17.6. The van der Waals surface area contributed by atoms with Gasteiger partial charge in [0.2, 0.25) is 0 Å². The highest BCUT2D eigenvalue weighted by molar-refractivity contribution is 5.86. The largest absolute Gasteiger partial charge is 0.368 e. The normalized spacial score (nSPS) is 16.7. The molecule has 154 valence electrons. The number of anilines is 1. The molecule has 1 saturated carbocycles. The number of rotatable bonds is 8. The minimum atomic E-state index is 0.427. The van der Waals surface area contributed by atoms with Gasteiger partial charge in [0, 0.05) is 33.7 Å². The minimum Gasteiger partial charge on any atom is -0.368 e. The minimum absolute atomic E-state index is 0.427. The zero-order valence-corrected chi connectivity index (χ0v) is 17.6. The van der Waals surface area contributed by atoms with Gasteiger partial charge in [-0.05, 0) is 30.6 Å². The van der Waals surface area contributed by atoms with Gasteiger partial charge in [-0.15, -0.1) is 0 Å². The number of aliphatic imine (C=N–C) groups is 1. The molecule has 2 heterocycles. The Kier molecular flexibility index (Phi) is 6.70. The fourth-order valence-electron chi connectivity index (χ4n) is 4.40. The quantitative estimate of drug-likeness (QED) is 0.367. The van der Waals surface area contributed by atoms with Gasteiger partial charge in [0.15, 0.2) is 11.6 Å². The van der Waals surface area contributed by atoms with Gasteiger partial charge in [0.05, 0.1) is 11.6 Å². The average molecular weight is 387 g/mol. The standard InChI is InChI=1S/C20H34N8/c1-15(2)11-20(7-5-6-8-20)13-24-19(21-3)23-10-9-22-17-16-12-27-28(4)18(16)26-14-25-17/h12,14-15H,5-11,13H2,1-4H3,(H2,21,23,24)(H,22,25,26). The van der Waals surface area contributed by atoms with Gasteiger partial charge < -0.3 is 16.0 Å². The van der Waals surface area contributed by atoms with Crippen molar-refractivity contribution < 1.29 is 0 Å². The van der Waals surface area contributed by atoms with Crippen LogP contribution in [-0.2, 0) is 7.05 Å². The number of hydrogen-bond acceptors (Lipinski definition) is 5. The smallest absolute Gasteiger partial charge is 0.191 e. The van der Waals surface area contributed by atoms with E-state index >= 15 is 0 Å². The van der Waals surface area contributed by atoms with Crippen LogP contribution in [-0.4, -0.2) is 52.4 Å². The molecule has 1 aliphatic carbocycles. The Morgan fingerprint density at radius 2 is 2.00 bits per heavy atom. The molecule has 1 aliphatic rings. The van der Waals surface area contributed by atoms with Crippen LogP contribution in [0.25, 0.3) is 11.0 Å². The summed E-state index contributed by atoms with van der Waals surface area (Å²) >= 11 is 0. The summed E-state index contributed by atoms with van der Waals surface area (Å²) in [5.74, 6) is 2.41. The fraction of sp³-hybridized carbons (Fsp3) is 0.700. The third kappa shape index (κ3) is 4.91. The van der Waals surface area contributed by atoms with E-state index in [9.17, 15) is 0 Å². The second-order valence-corrected chi connectivity index (χ2v) is 8.31. The topological polar surface area (TPSA) is 92.1 Å². The van der Waals surface area contributed by atoms with Gasteiger partial charge in [-0.2, -0.15) is 5.10 Å². The molecule has 0 amide bonds. The molecule has 1 fully saturated rings. The van der Waals surface area contributed by atoms with Gasteiger partial charge in [0.25, 0.3) is 0 Å². The molecule has 2 aromatic rings. The van der Waals surface area contributed by atoms with E-state index in [0.29, 0.717) is 5.41 Å². The van der Waals surface area contributed by atoms with Gasteiger partial charge in [-0.3, -0.25) is 9.67 Å². The lowest BCUT2D eigenvalue weighted by molar-refractivity contribution is 0.235. The molecule has 0 bridgehead atoms. The first-order valence-electron chi connectivity index (χ1n) is 10.3. The van der Waals surface area contributed by atoms with E-state index < -0.39 is 0 Å². The predicted octanol–water partition coefficient (Wildman–Crippen LogP) is 2.55. The summed E-state index contributed by atoms with van der Waals surface area (Å²) in [6, 6.07) is 0. The van der Waals surface area contributed by atoms with Crippen molar-refractivity contribution in [3.05, 3.63) is 12.5 Å². The Hall–Kier alpha value is -2.38. The van der Waals surface area contributed by atoms with Crippen LogP contribution < -0.4 is 16.0 Å². The van der Waals surface area contributed by atoms with Gasteiger partial charge >= 0.3 is 0 Å². The molecule has 3 N–H and O–H groups in total. The molecule has 0 aromatic carbocycles. The third-order valence-corrected chi connectivity index (χ3v) is 5.60. The molecule has 0 aliphatic heterocycles. The molecule has 0 spiro atoms. The van der Waals surface area contributed by atoms with Crippen LogP contribution in [0.4, 0.5) is 5.82 Å². The van der Waals surface area contributed by atoms with Crippen LogP contribution in [0.1, 0.15) is 46.0 Å². The summed E-state index contributed by atoms with van der Waals surface area (Å²) in [5, 5.41) is 15.5. The van der Waals surface area contributed by atoms with Crippen LogP contribution in [0.15, 0.2) is 17.5 Å². The lowest BCUT2D eigenvalue weighted by atomic mass is 9.78. The zero-order chi connectivity index (χ0) is 20.0. The number of aromatic nitrogens is 4. The molecule has 0 unspecified atom stereocenters. The van der Waals surface area contributed by atoms with Crippen molar-refractivity contribution in [2.75, 3.05) is 32.0 Å². The van der Waals surface area contributed by atoms with Crippen molar-refractivity contribution >= 4 is 22.8 Å². The maximum atomic E-state index is 4.38. The number of nitrogens with zero attached hydrogens (tertiary/aromatic N) is 5. The first-order valence-corrected chi connectivity index (χ1v) is 10.3. The Morgan fingerprint density at radius 3 is 2.71 bits per heavy atom. The van der Waals surface area contributed by atoms with Crippen molar-refractivity contribution in [1.29, 1.82) is 0 Å². The summed E-state index contributed by atoms with van der Waals surface area (Å²) in [4.78, 5) is 13.0. The summed E-state index contributed by atoms with van der Waals surface area (Å²) in [5.41, 5.74) is 1.26. The first-order chi connectivity index (χ1) is 13.5. The maximum Gasteiger partial charge on any atom is 0.191 e. The first kappa shape index (κ1) is 20.4. The summed E-state index contributed by atoms with van der Waals surface area (Å²) in [6.45, 7) is 7.14. The fourth-order valence-corrected chi connectivity index (χ4v) is 4.40. The van der Waals surface area contributed by atoms with Crippen molar-refractivity contribution in [2.45, 2.75) is 46.0 Å². The number of aryl methyl sites for hydroxylation is 1. The monoisotopic (exact) mass is 386 g/mol. The van der Waals surface area contributed by atoms with Crippen molar-refractivity contribution in [2.24, 2.45) is 23.4 Å². The van der Waals surface area contributed by atoms with Crippen molar-refractivity contribution in [3.8, 4) is 0 Å². The van der Waals surface area contributed by atoms with E-state index in [4.69, 9.17) is 0 Å². The Labute approximate surface area is 167 Å². The van der Waals surface area contributed by atoms with Crippen LogP contribution in [0.2, 0.25) is 0 Å². The SMILES string of the molecule is CN=C(NCCNc1ncnc2c1cnn2C)NCC1(CC(C)C)CCCC1. The highest BCUT2D eigenvalue weighted by atomic mass is 15.3. The molecule has 2 aromatic heterocycles. The van der Waals surface area contributed by atoms with Crippen LogP contribution in [0.5, 0.6) is 0 Å². The lowest BCUT2D eigenvalue weighted by Crippen LogP contribution is -2.44. The van der Waals surface area contributed by atoms with E-state index in [-0.39, 0.29) is 0 Å². The molecule has 0 radical (unpaired) electrons. The maximum absolute atomic E-state index is 4.38. The van der Waals surface area contributed by atoms with Crippen molar-refractivity contribution in [1.82, 2.24) is 30.4 Å². The molecule has 3 rings (SSSR count). The Balaban J connectivity index is 1.46. The summed E-state index contributed by atoms with van der Waals surface area (Å²) in [7, 11) is 3.71. The lowest BCUT2D eigenvalue weighted by Gasteiger charge is -2.32. The molecule has 28 heavy (non-hydrogen) atoms. The van der Waals surface area contributed by atoms with Crippen LogP contribution in [0.3, 0.4) is 0 Å².